The van der Waals surface area contributed by atoms with E-state index in [1.54, 1.807) is 36.7 Å². The molecule has 3 rings (SSSR count). The van der Waals surface area contributed by atoms with Gasteiger partial charge < -0.3 is 10.1 Å². The molecule has 1 aliphatic rings. The number of aromatic nitrogens is 1. The summed E-state index contributed by atoms with van der Waals surface area (Å²) in [7, 11) is 0. The Bertz CT molecular complexity index is 719. The number of amides is 1. The maximum atomic E-state index is 12.2. The largest absolute Gasteiger partial charge is 0.479 e. The van der Waals surface area contributed by atoms with Gasteiger partial charge in [0.05, 0.1) is 12.0 Å². The molecule has 112 valence electrons. The molecule has 1 N–H and O–H groups in total. The molecule has 1 aliphatic heterocycles. The van der Waals surface area contributed by atoms with E-state index < -0.39 is 6.10 Å². The third kappa shape index (κ3) is 3.09. The Morgan fingerprint density at radius 2 is 2.27 bits per heavy atom. The first-order chi connectivity index (χ1) is 10.6. The van der Waals surface area contributed by atoms with Crippen molar-refractivity contribution in [3.8, 4) is 5.75 Å². The van der Waals surface area contributed by atoms with Crippen LogP contribution in [0.5, 0.6) is 5.75 Å². The first-order valence-electron chi connectivity index (χ1n) is 6.79. The summed E-state index contributed by atoms with van der Waals surface area (Å²) < 4.78 is 5.60. The number of nitrogens with zero attached hydrogens (tertiary/aromatic N) is 1. The predicted molar refractivity (Wildman–Crippen MR) is 80.9 cm³/mol. The molecule has 0 radical (unpaired) electrons. The van der Waals surface area contributed by atoms with Gasteiger partial charge in [0.25, 0.3) is 5.91 Å². The van der Waals surface area contributed by atoms with Gasteiger partial charge in [0.15, 0.2) is 11.9 Å². The van der Waals surface area contributed by atoms with Crippen LogP contribution in [-0.2, 0) is 11.3 Å². The molecule has 5 nitrogen and oxygen atoms in total. The molecule has 2 aromatic rings. The van der Waals surface area contributed by atoms with Crippen LogP contribution in [0, 0.1) is 0 Å². The number of ketones is 1. The second-order valence-electron chi connectivity index (χ2n) is 4.95. The van der Waals surface area contributed by atoms with Crippen molar-refractivity contribution in [1.29, 1.82) is 0 Å². The number of hydrogen-bond acceptors (Lipinski definition) is 4. The van der Waals surface area contributed by atoms with E-state index in [2.05, 4.69) is 10.3 Å². The van der Waals surface area contributed by atoms with Gasteiger partial charge in [0, 0.05) is 24.0 Å². The lowest BCUT2D eigenvalue weighted by atomic mass is 10.0. The number of hydrogen-bond donors (Lipinski definition) is 1. The monoisotopic (exact) mass is 316 g/mol. The molecule has 0 bridgehead atoms. The molecular weight excluding hydrogens is 304 g/mol. The summed E-state index contributed by atoms with van der Waals surface area (Å²) >= 11 is 5.87. The Labute approximate surface area is 132 Å². The molecule has 0 saturated heterocycles. The van der Waals surface area contributed by atoms with Crippen molar-refractivity contribution in [3.63, 3.8) is 0 Å². The highest BCUT2D eigenvalue weighted by Crippen LogP contribution is 2.30. The first-order valence-corrected chi connectivity index (χ1v) is 7.17. The second kappa shape index (κ2) is 6.15. The van der Waals surface area contributed by atoms with Crippen LogP contribution in [0.1, 0.15) is 22.3 Å². The highest BCUT2D eigenvalue weighted by Gasteiger charge is 2.31. The standard InChI is InChI=1S/C16H13ClN2O3/c17-11-3-4-14-12(6-11)13(20)7-15(22-14)16(21)19-9-10-2-1-5-18-8-10/h1-6,8,15H,7,9H2,(H,19,21). The van der Waals surface area contributed by atoms with Crippen molar-refractivity contribution in [2.75, 3.05) is 0 Å². The fourth-order valence-electron chi connectivity index (χ4n) is 2.25. The molecule has 6 heteroatoms. The lowest BCUT2D eigenvalue weighted by molar-refractivity contribution is -0.128. The summed E-state index contributed by atoms with van der Waals surface area (Å²) in [5.41, 5.74) is 1.30. The first kappa shape index (κ1) is 14.5. The lowest BCUT2D eigenvalue weighted by Gasteiger charge is -2.24. The number of carbonyl (C=O) groups is 2. The van der Waals surface area contributed by atoms with Crippen molar-refractivity contribution in [3.05, 3.63) is 58.9 Å². The number of carbonyl (C=O) groups excluding carboxylic acids is 2. The third-order valence-corrected chi connectivity index (χ3v) is 3.60. The lowest BCUT2D eigenvalue weighted by Crippen LogP contribution is -2.41. The highest BCUT2D eigenvalue weighted by atomic mass is 35.5. The van der Waals surface area contributed by atoms with E-state index in [-0.39, 0.29) is 18.1 Å². The van der Waals surface area contributed by atoms with Crippen molar-refractivity contribution >= 4 is 23.3 Å². The minimum atomic E-state index is -0.821. The summed E-state index contributed by atoms with van der Waals surface area (Å²) in [6.45, 7) is 0.341. The average molecular weight is 317 g/mol. The summed E-state index contributed by atoms with van der Waals surface area (Å²) in [6.07, 6.45) is 2.52. The third-order valence-electron chi connectivity index (χ3n) is 3.36. The van der Waals surface area contributed by atoms with Gasteiger partial charge in [-0.05, 0) is 29.8 Å². The summed E-state index contributed by atoms with van der Waals surface area (Å²) in [5.74, 6) is -0.0785. The molecule has 1 amide bonds. The maximum absolute atomic E-state index is 12.2. The van der Waals surface area contributed by atoms with Crippen molar-refractivity contribution in [2.24, 2.45) is 0 Å². The minimum absolute atomic E-state index is 0.00617. The highest BCUT2D eigenvalue weighted by molar-refractivity contribution is 6.31. The van der Waals surface area contributed by atoms with E-state index in [0.29, 0.717) is 22.9 Å². The van der Waals surface area contributed by atoms with E-state index >= 15 is 0 Å². The number of halogens is 1. The van der Waals surface area contributed by atoms with E-state index in [1.807, 2.05) is 6.07 Å². The van der Waals surface area contributed by atoms with Crippen molar-refractivity contribution in [1.82, 2.24) is 10.3 Å². The quantitative estimate of drug-likeness (QED) is 0.944. The predicted octanol–water partition coefficient (Wildman–Crippen LogP) is 2.39. The SMILES string of the molecule is O=C1CC(C(=O)NCc2cccnc2)Oc2ccc(Cl)cc21. The zero-order chi connectivity index (χ0) is 15.5. The topological polar surface area (TPSA) is 68.3 Å². The molecule has 0 spiro atoms. The van der Waals surface area contributed by atoms with Crippen LogP contribution < -0.4 is 10.1 Å². The Balaban J connectivity index is 1.67. The Hall–Kier alpha value is -2.40. The Morgan fingerprint density at radius 1 is 1.41 bits per heavy atom. The van der Waals surface area contributed by atoms with Crippen molar-refractivity contribution < 1.29 is 14.3 Å². The summed E-state index contributed by atoms with van der Waals surface area (Å²) in [6, 6.07) is 8.45. The van der Waals surface area contributed by atoms with Crippen molar-refractivity contribution in [2.45, 2.75) is 19.1 Å². The molecular formula is C16H13ClN2O3. The van der Waals surface area contributed by atoms with Gasteiger partial charge in [-0.1, -0.05) is 17.7 Å². The minimum Gasteiger partial charge on any atom is -0.479 e. The Morgan fingerprint density at radius 3 is 3.05 bits per heavy atom. The van der Waals surface area contributed by atoms with Crippen LogP contribution in [-0.4, -0.2) is 22.8 Å². The molecule has 2 heterocycles. The van der Waals surface area contributed by atoms with E-state index in [1.165, 1.54) is 0 Å². The van der Waals surface area contributed by atoms with E-state index in [4.69, 9.17) is 16.3 Å². The molecule has 1 unspecified atom stereocenters. The van der Waals surface area contributed by atoms with Gasteiger partial charge in [-0.3, -0.25) is 14.6 Å². The van der Waals surface area contributed by atoms with E-state index in [0.717, 1.165) is 5.56 Å². The van der Waals surface area contributed by atoms with Gasteiger partial charge in [0.1, 0.15) is 5.75 Å². The number of rotatable bonds is 3. The van der Waals surface area contributed by atoms with Crippen LogP contribution >= 0.6 is 11.6 Å². The molecule has 1 aromatic heterocycles. The van der Waals surface area contributed by atoms with Crippen LogP contribution in [0.4, 0.5) is 0 Å². The van der Waals surface area contributed by atoms with Crippen LogP contribution in [0.25, 0.3) is 0 Å². The zero-order valence-electron chi connectivity index (χ0n) is 11.6. The molecule has 0 fully saturated rings. The van der Waals surface area contributed by atoms with Gasteiger partial charge in [-0.15, -0.1) is 0 Å². The van der Waals surface area contributed by atoms with Crippen LogP contribution in [0.15, 0.2) is 42.7 Å². The molecule has 1 atom stereocenters. The summed E-state index contributed by atoms with van der Waals surface area (Å²) in [5, 5.41) is 3.22. The van der Waals surface area contributed by atoms with Gasteiger partial charge in [-0.2, -0.15) is 0 Å². The summed E-state index contributed by atoms with van der Waals surface area (Å²) in [4.78, 5) is 28.2. The molecule has 0 saturated carbocycles. The molecule has 1 aromatic carbocycles. The van der Waals surface area contributed by atoms with Crippen LogP contribution in [0.2, 0.25) is 5.02 Å². The normalized spacial score (nSPS) is 16.6. The van der Waals surface area contributed by atoms with Gasteiger partial charge in [-0.25, -0.2) is 0 Å². The number of Topliss-reactive ketones (excluding diaryl/α,β-unsaturated/α-hetero) is 1. The number of fused-ring (bicyclic) bond motifs is 1. The number of nitrogens with one attached hydrogen (secondary N) is 1. The van der Waals surface area contributed by atoms with Crippen LogP contribution in [0.3, 0.4) is 0 Å². The fraction of sp³-hybridized carbons (Fsp3) is 0.188. The second-order valence-corrected chi connectivity index (χ2v) is 5.39. The molecule has 22 heavy (non-hydrogen) atoms. The maximum Gasteiger partial charge on any atom is 0.261 e. The molecule has 0 aliphatic carbocycles. The smallest absolute Gasteiger partial charge is 0.261 e. The Kier molecular flexibility index (Phi) is 4.06. The van der Waals surface area contributed by atoms with Gasteiger partial charge in [0.2, 0.25) is 0 Å². The number of pyridine rings is 1. The fourth-order valence-corrected chi connectivity index (χ4v) is 2.42. The number of benzene rings is 1. The van der Waals surface area contributed by atoms with Gasteiger partial charge >= 0.3 is 0 Å². The zero-order valence-corrected chi connectivity index (χ0v) is 12.3. The van der Waals surface area contributed by atoms with E-state index in [9.17, 15) is 9.59 Å². The average Bonchev–Trinajstić information content (AvgIpc) is 2.54. The number of ether oxygens (including phenoxy) is 1.